The topological polar surface area (TPSA) is 0 Å². The number of unbranched alkanes of at least 4 members (excludes halogenated alkanes) is 7. The molecule has 0 saturated heterocycles. The Labute approximate surface area is 99.0 Å². The van der Waals surface area contributed by atoms with Crippen molar-refractivity contribution in [2.24, 2.45) is 0 Å². The number of rotatable bonds is 11. The van der Waals surface area contributed by atoms with Gasteiger partial charge >= 0.3 is 0 Å². The molecule has 0 aromatic rings. The van der Waals surface area contributed by atoms with E-state index in [4.69, 9.17) is 0 Å². The predicted octanol–water partition coefficient (Wildman–Crippen LogP) is 4.83. The fourth-order valence-electron chi connectivity index (χ4n) is 1.55. The van der Waals surface area contributed by atoms with Gasteiger partial charge in [-0.25, -0.2) is 0 Å². The Bertz CT molecular complexity index is 82.3. The Kier molecular flexibility index (Phi) is 14.4. The maximum absolute atomic E-state index is 2.20. The fourth-order valence-corrected chi connectivity index (χ4v) is 2.54. The lowest BCUT2D eigenvalue weighted by atomic mass is 10.1. The highest BCUT2D eigenvalue weighted by molar-refractivity contribution is 7.98. The molecule has 0 nitrogen and oxygen atoms in total. The van der Waals surface area contributed by atoms with Crippen LogP contribution in [0.2, 0.25) is 0 Å². The quantitative estimate of drug-likeness (QED) is 0.470. The molecule has 0 radical (unpaired) electrons. The zero-order valence-electron chi connectivity index (χ0n) is 9.89. The third kappa shape index (κ3) is 12.7. The molecular formula is C12H26S2. The summed E-state index contributed by atoms with van der Waals surface area (Å²) >= 11 is 3.95. The summed E-state index contributed by atoms with van der Waals surface area (Å²) in [5.41, 5.74) is 0. The van der Waals surface area contributed by atoms with Gasteiger partial charge in [0.05, 0.1) is 0 Å². The maximum atomic E-state index is 2.20. The second kappa shape index (κ2) is 13.7. The van der Waals surface area contributed by atoms with Crippen LogP contribution in [0.25, 0.3) is 0 Å². The molecule has 0 saturated carbocycles. The van der Waals surface area contributed by atoms with Crippen molar-refractivity contribution in [1.82, 2.24) is 0 Å². The van der Waals surface area contributed by atoms with E-state index in [0.717, 1.165) is 0 Å². The van der Waals surface area contributed by atoms with E-state index in [-0.39, 0.29) is 0 Å². The van der Waals surface area contributed by atoms with Crippen LogP contribution in [0.5, 0.6) is 0 Å². The van der Waals surface area contributed by atoms with E-state index in [2.05, 4.69) is 12.5 Å². The van der Waals surface area contributed by atoms with Gasteiger partial charge in [-0.05, 0) is 36.9 Å². The highest BCUT2D eigenvalue weighted by Crippen LogP contribution is 2.11. The first kappa shape index (κ1) is 14.7. The Hall–Kier alpha value is 0.700. The second-order valence-corrected chi connectivity index (χ2v) is 5.79. The third-order valence-corrected chi connectivity index (χ3v) is 3.84. The monoisotopic (exact) mass is 234 g/mol. The molecule has 0 aliphatic heterocycles. The summed E-state index contributed by atoms with van der Waals surface area (Å²) in [7, 11) is 0. The van der Waals surface area contributed by atoms with E-state index >= 15 is 0 Å². The summed E-state index contributed by atoms with van der Waals surface area (Å²) in [6.45, 7) is 0. The van der Waals surface area contributed by atoms with Crippen LogP contribution in [-0.4, -0.2) is 24.0 Å². The molecule has 0 spiro atoms. The van der Waals surface area contributed by atoms with Crippen molar-refractivity contribution in [3.05, 3.63) is 0 Å². The van der Waals surface area contributed by atoms with E-state index in [9.17, 15) is 0 Å². The molecule has 0 aromatic heterocycles. The van der Waals surface area contributed by atoms with Crippen LogP contribution in [0.1, 0.15) is 51.4 Å². The minimum absolute atomic E-state index is 1.35. The number of thioether (sulfide) groups is 2. The maximum Gasteiger partial charge on any atom is -0.00703 e. The molecule has 0 rings (SSSR count). The van der Waals surface area contributed by atoms with Gasteiger partial charge in [0, 0.05) is 0 Å². The summed E-state index contributed by atoms with van der Waals surface area (Å²) in [6, 6.07) is 0. The van der Waals surface area contributed by atoms with Crippen molar-refractivity contribution in [2.75, 3.05) is 24.0 Å². The van der Waals surface area contributed by atoms with Gasteiger partial charge in [0.15, 0.2) is 0 Å². The van der Waals surface area contributed by atoms with Crippen LogP contribution in [-0.2, 0) is 0 Å². The van der Waals surface area contributed by atoms with Crippen molar-refractivity contribution >= 4 is 23.5 Å². The van der Waals surface area contributed by atoms with Crippen LogP contribution < -0.4 is 0 Å². The van der Waals surface area contributed by atoms with Crippen molar-refractivity contribution in [1.29, 1.82) is 0 Å². The van der Waals surface area contributed by atoms with Crippen LogP contribution in [0.3, 0.4) is 0 Å². The highest BCUT2D eigenvalue weighted by atomic mass is 32.2. The predicted molar refractivity (Wildman–Crippen MR) is 73.7 cm³/mol. The molecule has 0 atom stereocenters. The minimum Gasteiger partial charge on any atom is -0.165 e. The van der Waals surface area contributed by atoms with Crippen molar-refractivity contribution < 1.29 is 0 Å². The first-order chi connectivity index (χ1) is 6.91. The van der Waals surface area contributed by atoms with Gasteiger partial charge in [0.25, 0.3) is 0 Å². The average molecular weight is 234 g/mol. The van der Waals surface area contributed by atoms with Crippen LogP contribution >= 0.6 is 23.5 Å². The van der Waals surface area contributed by atoms with E-state index in [1.54, 1.807) is 0 Å². The molecule has 14 heavy (non-hydrogen) atoms. The van der Waals surface area contributed by atoms with Crippen molar-refractivity contribution in [2.45, 2.75) is 51.4 Å². The lowest BCUT2D eigenvalue weighted by molar-refractivity contribution is 0.588. The first-order valence-corrected chi connectivity index (χ1v) is 8.68. The van der Waals surface area contributed by atoms with Crippen molar-refractivity contribution in [3.8, 4) is 0 Å². The second-order valence-electron chi connectivity index (χ2n) is 3.81. The van der Waals surface area contributed by atoms with E-state index in [1.807, 2.05) is 23.5 Å². The Morgan fingerprint density at radius 1 is 0.500 bits per heavy atom. The zero-order chi connectivity index (χ0) is 10.5. The van der Waals surface area contributed by atoms with E-state index < -0.39 is 0 Å². The van der Waals surface area contributed by atoms with Gasteiger partial charge in [-0.15, -0.1) is 0 Å². The van der Waals surface area contributed by atoms with Crippen LogP contribution in [0.4, 0.5) is 0 Å². The smallest absolute Gasteiger partial charge is 0.00703 e. The average Bonchev–Trinajstić information content (AvgIpc) is 2.21. The lowest BCUT2D eigenvalue weighted by Gasteiger charge is -2.01. The molecule has 0 heterocycles. The molecule has 0 amide bonds. The fraction of sp³-hybridized carbons (Fsp3) is 1.00. The normalized spacial score (nSPS) is 10.7. The molecule has 86 valence electrons. The summed E-state index contributed by atoms with van der Waals surface area (Å²) in [5, 5.41) is 0. The van der Waals surface area contributed by atoms with Gasteiger partial charge in [-0.2, -0.15) is 23.5 Å². The van der Waals surface area contributed by atoms with Gasteiger partial charge in [0.1, 0.15) is 0 Å². The standard InChI is InChI=1S/C12H26S2/c1-13-11-9-7-5-3-4-6-8-10-12-14-2/h3-12H2,1-2H3. The molecule has 0 aliphatic carbocycles. The Morgan fingerprint density at radius 3 is 1.07 bits per heavy atom. The van der Waals surface area contributed by atoms with E-state index in [1.165, 1.54) is 62.9 Å². The minimum atomic E-state index is 1.35. The zero-order valence-corrected chi connectivity index (χ0v) is 11.5. The Morgan fingerprint density at radius 2 is 0.786 bits per heavy atom. The number of hydrogen-bond donors (Lipinski definition) is 0. The molecule has 0 N–H and O–H groups in total. The van der Waals surface area contributed by atoms with Gasteiger partial charge in [0.2, 0.25) is 0 Å². The lowest BCUT2D eigenvalue weighted by Crippen LogP contribution is -1.83. The third-order valence-electron chi connectivity index (χ3n) is 2.45. The molecule has 0 aromatic carbocycles. The Balaban J connectivity index is 2.78. The summed E-state index contributed by atoms with van der Waals surface area (Å²) < 4.78 is 0. The summed E-state index contributed by atoms with van der Waals surface area (Å²) in [4.78, 5) is 0. The molecule has 0 unspecified atom stereocenters. The van der Waals surface area contributed by atoms with E-state index in [0.29, 0.717) is 0 Å². The highest BCUT2D eigenvalue weighted by Gasteiger charge is 1.91. The van der Waals surface area contributed by atoms with Gasteiger partial charge < -0.3 is 0 Å². The van der Waals surface area contributed by atoms with Gasteiger partial charge in [-0.3, -0.25) is 0 Å². The number of hydrogen-bond acceptors (Lipinski definition) is 2. The molecule has 0 aliphatic rings. The van der Waals surface area contributed by atoms with Crippen molar-refractivity contribution in [3.63, 3.8) is 0 Å². The summed E-state index contributed by atoms with van der Waals surface area (Å²) in [5.74, 6) is 2.71. The van der Waals surface area contributed by atoms with Crippen LogP contribution in [0.15, 0.2) is 0 Å². The SMILES string of the molecule is CSCCCCCCCCCCSC. The van der Waals surface area contributed by atoms with Crippen LogP contribution in [0, 0.1) is 0 Å². The first-order valence-electron chi connectivity index (χ1n) is 5.89. The molecule has 2 heteroatoms. The largest absolute Gasteiger partial charge is 0.165 e. The van der Waals surface area contributed by atoms with Gasteiger partial charge in [-0.1, -0.05) is 38.5 Å². The molecule has 0 bridgehead atoms. The summed E-state index contributed by atoms with van der Waals surface area (Å²) in [6.07, 6.45) is 16.0. The molecular weight excluding hydrogens is 208 g/mol. The molecule has 0 fully saturated rings.